The molecule has 0 spiro atoms. The van der Waals surface area contributed by atoms with Crippen LogP contribution in [0.1, 0.15) is 33.1 Å². The smallest absolute Gasteiger partial charge is 0.290 e. The second kappa shape index (κ2) is 6.92. The number of aromatic nitrogens is 3. The molecule has 0 saturated heterocycles. The van der Waals surface area contributed by atoms with Gasteiger partial charge in [0.05, 0.1) is 0 Å². The second-order valence-corrected chi connectivity index (χ2v) is 6.85. The zero-order chi connectivity index (χ0) is 19.8. The van der Waals surface area contributed by atoms with Crippen molar-refractivity contribution < 1.29 is 13.7 Å². The Labute approximate surface area is 162 Å². The van der Waals surface area contributed by atoms with Crippen LogP contribution in [-0.4, -0.2) is 33.0 Å². The summed E-state index contributed by atoms with van der Waals surface area (Å²) in [6.45, 7) is 6.10. The molecule has 28 heavy (non-hydrogen) atoms. The van der Waals surface area contributed by atoms with Gasteiger partial charge >= 0.3 is 0 Å². The Kier molecular flexibility index (Phi) is 4.43. The molecule has 1 aromatic carbocycles. The standard InChI is InChI=1S/C21H20N4O3/c1-12-7-8-16-14(3)19(27-18(16)13(12)2)21(26)25(4)11-17-23-20(24-28-17)15-6-5-9-22-10-15/h5-10H,11H2,1-4H3. The average Bonchev–Trinajstić information content (AvgIpc) is 3.30. The monoisotopic (exact) mass is 376 g/mol. The van der Waals surface area contributed by atoms with Crippen molar-refractivity contribution in [2.24, 2.45) is 0 Å². The molecule has 0 unspecified atom stereocenters. The van der Waals surface area contributed by atoms with Gasteiger partial charge in [-0.1, -0.05) is 17.3 Å². The molecule has 0 aliphatic heterocycles. The van der Waals surface area contributed by atoms with Gasteiger partial charge in [-0.3, -0.25) is 9.78 Å². The van der Waals surface area contributed by atoms with Crippen molar-refractivity contribution in [3.63, 3.8) is 0 Å². The highest BCUT2D eigenvalue weighted by Gasteiger charge is 2.23. The molecule has 4 rings (SSSR count). The molecule has 3 heterocycles. The number of carbonyl (C=O) groups excluding carboxylic acids is 1. The zero-order valence-corrected chi connectivity index (χ0v) is 16.2. The lowest BCUT2D eigenvalue weighted by atomic mass is 10.0. The predicted molar refractivity (Wildman–Crippen MR) is 104 cm³/mol. The van der Waals surface area contributed by atoms with Gasteiger partial charge in [-0.25, -0.2) is 0 Å². The van der Waals surface area contributed by atoms with E-state index >= 15 is 0 Å². The minimum absolute atomic E-state index is 0.181. The van der Waals surface area contributed by atoms with E-state index < -0.39 is 0 Å². The van der Waals surface area contributed by atoms with Crippen LogP contribution in [0.5, 0.6) is 0 Å². The number of hydrogen-bond acceptors (Lipinski definition) is 6. The van der Waals surface area contributed by atoms with E-state index in [4.69, 9.17) is 8.94 Å². The lowest BCUT2D eigenvalue weighted by Gasteiger charge is -2.13. The van der Waals surface area contributed by atoms with E-state index in [2.05, 4.69) is 15.1 Å². The third-order valence-corrected chi connectivity index (χ3v) is 4.93. The summed E-state index contributed by atoms with van der Waals surface area (Å²) in [5.41, 5.74) is 4.51. The number of rotatable bonds is 4. The first-order valence-corrected chi connectivity index (χ1v) is 8.93. The summed E-state index contributed by atoms with van der Waals surface area (Å²) in [7, 11) is 1.68. The van der Waals surface area contributed by atoms with E-state index in [0.717, 1.165) is 33.2 Å². The third-order valence-electron chi connectivity index (χ3n) is 4.93. The first-order valence-electron chi connectivity index (χ1n) is 8.93. The van der Waals surface area contributed by atoms with E-state index in [1.807, 2.05) is 39.0 Å². The highest BCUT2D eigenvalue weighted by atomic mass is 16.5. The fraction of sp³-hybridized carbons (Fsp3) is 0.238. The minimum atomic E-state index is -0.230. The summed E-state index contributed by atoms with van der Waals surface area (Å²) in [6, 6.07) is 7.68. The molecule has 7 nitrogen and oxygen atoms in total. The SMILES string of the molecule is Cc1ccc2c(C)c(C(=O)N(C)Cc3nc(-c4cccnc4)no3)oc2c1C. The van der Waals surface area contributed by atoms with E-state index in [1.54, 1.807) is 25.5 Å². The Balaban J connectivity index is 1.58. The Bertz CT molecular complexity index is 1160. The molecule has 4 aromatic rings. The van der Waals surface area contributed by atoms with Crippen molar-refractivity contribution in [3.8, 4) is 11.4 Å². The number of benzene rings is 1. The molecule has 0 aliphatic rings. The van der Waals surface area contributed by atoms with E-state index in [0.29, 0.717) is 17.5 Å². The Morgan fingerprint density at radius 1 is 1.14 bits per heavy atom. The Morgan fingerprint density at radius 3 is 2.71 bits per heavy atom. The molecular weight excluding hydrogens is 356 g/mol. The maximum absolute atomic E-state index is 12.9. The first-order chi connectivity index (χ1) is 13.5. The normalized spacial score (nSPS) is 11.1. The molecule has 7 heteroatoms. The van der Waals surface area contributed by atoms with Crippen molar-refractivity contribution in [2.75, 3.05) is 7.05 Å². The summed E-state index contributed by atoms with van der Waals surface area (Å²) < 4.78 is 11.2. The summed E-state index contributed by atoms with van der Waals surface area (Å²) in [5.74, 6) is 0.885. The molecule has 0 aliphatic carbocycles. The largest absolute Gasteiger partial charge is 0.450 e. The zero-order valence-electron chi connectivity index (χ0n) is 16.2. The lowest BCUT2D eigenvalue weighted by Crippen LogP contribution is -2.26. The fourth-order valence-corrected chi connectivity index (χ4v) is 3.10. The van der Waals surface area contributed by atoms with Crippen molar-refractivity contribution >= 4 is 16.9 Å². The van der Waals surface area contributed by atoms with Crippen molar-refractivity contribution in [3.05, 3.63) is 65.0 Å². The van der Waals surface area contributed by atoms with Crippen LogP contribution in [0.15, 0.2) is 45.6 Å². The molecular formula is C21H20N4O3. The van der Waals surface area contributed by atoms with E-state index in [9.17, 15) is 4.79 Å². The summed E-state index contributed by atoms with van der Waals surface area (Å²) in [6.07, 6.45) is 3.33. The Morgan fingerprint density at radius 2 is 1.96 bits per heavy atom. The number of pyridine rings is 1. The molecule has 1 amide bonds. The van der Waals surface area contributed by atoms with Gasteiger partial charge in [0.1, 0.15) is 12.1 Å². The highest BCUT2D eigenvalue weighted by Crippen LogP contribution is 2.30. The Hall–Kier alpha value is -3.48. The molecule has 3 aromatic heterocycles. The molecule has 142 valence electrons. The number of hydrogen-bond donors (Lipinski definition) is 0. The average molecular weight is 376 g/mol. The molecule has 0 atom stereocenters. The van der Waals surface area contributed by atoms with Gasteiger partial charge < -0.3 is 13.8 Å². The maximum atomic E-state index is 12.9. The number of fused-ring (bicyclic) bond motifs is 1. The fourth-order valence-electron chi connectivity index (χ4n) is 3.10. The minimum Gasteiger partial charge on any atom is -0.450 e. The van der Waals surface area contributed by atoms with Crippen LogP contribution in [-0.2, 0) is 6.54 Å². The second-order valence-electron chi connectivity index (χ2n) is 6.85. The van der Waals surface area contributed by atoms with Crippen molar-refractivity contribution in [1.29, 1.82) is 0 Å². The van der Waals surface area contributed by atoms with Crippen LogP contribution in [0.3, 0.4) is 0 Å². The predicted octanol–water partition coefficient (Wildman–Crippen LogP) is 4.08. The number of amides is 1. The quantitative estimate of drug-likeness (QED) is 0.534. The third kappa shape index (κ3) is 3.05. The first kappa shape index (κ1) is 17.9. The number of aryl methyl sites for hydroxylation is 3. The van der Waals surface area contributed by atoms with E-state index in [-0.39, 0.29) is 12.5 Å². The molecule has 0 fully saturated rings. The summed E-state index contributed by atoms with van der Waals surface area (Å²) in [5, 5.41) is 4.91. The molecule has 0 bridgehead atoms. The topological polar surface area (TPSA) is 85.3 Å². The van der Waals surface area contributed by atoms with Gasteiger partial charge in [0.2, 0.25) is 11.7 Å². The van der Waals surface area contributed by atoms with Crippen LogP contribution in [0.2, 0.25) is 0 Å². The van der Waals surface area contributed by atoms with Crippen LogP contribution in [0.4, 0.5) is 0 Å². The van der Waals surface area contributed by atoms with Crippen LogP contribution < -0.4 is 0 Å². The van der Waals surface area contributed by atoms with Gasteiger partial charge in [0.25, 0.3) is 5.91 Å². The molecule has 0 saturated carbocycles. The van der Waals surface area contributed by atoms with Crippen molar-refractivity contribution in [2.45, 2.75) is 27.3 Å². The number of nitrogens with zero attached hydrogens (tertiary/aromatic N) is 4. The van der Waals surface area contributed by atoms with Crippen LogP contribution >= 0.6 is 0 Å². The van der Waals surface area contributed by atoms with Crippen LogP contribution in [0, 0.1) is 20.8 Å². The summed E-state index contributed by atoms with van der Waals surface area (Å²) in [4.78, 5) is 22.8. The summed E-state index contributed by atoms with van der Waals surface area (Å²) >= 11 is 0. The van der Waals surface area contributed by atoms with Crippen molar-refractivity contribution in [1.82, 2.24) is 20.0 Å². The van der Waals surface area contributed by atoms with Gasteiger partial charge in [-0.05, 0) is 44.0 Å². The maximum Gasteiger partial charge on any atom is 0.290 e. The van der Waals surface area contributed by atoms with Gasteiger partial charge in [-0.15, -0.1) is 0 Å². The lowest BCUT2D eigenvalue weighted by molar-refractivity contribution is 0.0739. The van der Waals surface area contributed by atoms with E-state index in [1.165, 1.54) is 4.90 Å². The highest BCUT2D eigenvalue weighted by molar-refractivity contribution is 5.99. The molecule has 0 radical (unpaired) electrons. The van der Waals surface area contributed by atoms with Gasteiger partial charge in [0, 0.05) is 36.0 Å². The van der Waals surface area contributed by atoms with Gasteiger partial charge in [-0.2, -0.15) is 4.98 Å². The van der Waals surface area contributed by atoms with Crippen LogP contribution in [0.25, 0.3) is 22.4 Å². The molecule has 0 N–H and O–H groups in total. The number of furan rings is 1. The number of carbonyl (C=O) groups is 1. The van der Waals surface area contributed by atoms with Gasteiger partial charge in [0.15, 0.2) is 5.76 Å².